The first-order valence-corrected chi connectivity index (χ1v) is 8.41. The molecule has 2 nitrogen and oxygen atoms in total. The zero-order chi connectivity index (χ0) is 17.2. The molecule has 2 aromatic carbocycles. The summed E-state index contributed by atoms with van der Waals surface area (Å²) in [5.74, 6) is 7.37. The van der Waals surface area contributed by atoms with Crippen LogP contribution in [0.5, 0.6) is 0 Å². The van der Waals surface area contributed by atoms with Gasteiger partial charge in [-0.1, -0.05) is 41.8 Å². The van der Waals surface area contributed by atoms with Crippen LogP contribution in [0.2, 0.25) is 5.02 Å². The summed E-state index contributed by atoms with van der Waals surface area (Å²) in [4.78, 5) is 4.67. The average molecular weight is 343 g/mol. The van der Waals surface area contributed by atoms with E-state index in [9.17, 15) is 0 Å². The van der Waals surface area contributed by atoms with Crippen molar-refractivity contribution in [2.45, 2.75) is 6.92 Å². The highest BCUT2D eigenvalue weighted by Crippen LogP contribution is 2.26. The first-order chi connectivity index (χ1) is 12.2. The molecular weight excluding hydrogens is 328 g/mol. The molecule has 120 valence electrons. The summed E-state index contributed by atoms with van der Waals surface area (Å²) < 4.78 is 2.08. The van der Waals surface area contributed by atoms with Crippen LogP contribution in [0.3, 0.4) is 0 Å². The fourth-order valence-electron chi connectivity index (χ4n) is 2.84. The molecule has 0 N–H and O–H groups in total. The number of pyridine rings is 1. The van der Waals surface area contributed by atoms with Gasteiger partial charge in [-0.25, -0.2) is 4.98 Å². The first kappa shape index (κ1) is 15.5. The normalized spacial score (nSPS) is 10.5. The van der Waals surface area contributed by atoms with Crippen molar-refractivity contribution in [2.75, 3.05) is 0 Å². The Balaban J connectivity index is 1.94. The van der Waals surface area contributed by atoms with E-state index < -0.39 is 0 Å². The summed E-state index contributed by atoms with van der Waals surface area (Å²) in [6.07, 6.45) is 0. The maximum Gasteiger partial charge on any atom is 0.138 e. The quantitative estimate of drug-likeness (QED) is 0.424. The fraction of sp³-hybridized carbons (Fsp3) is 0.0455. The Labute approximate surface area is 151 Å². The van der Waals surface area contributed by atoms with Gasteiger partial charge in [-0.15, -0.1) is 0 Å². The zero-order valence-corrected chi connectivity index (χ0v) is 14.5. The monoisotopic (exact) mass is 342 g/mol. The topological polar surface area (TPSA) is 17.8 Å². The number of halogens is 1. The van der Waals surface area contributed by atoms with E-state index in [4.69, 9.17) is 11.6 Å². The van der Waals surface area contributed by atoms with Gasteiger partial charge in [0.05, 0.1) is 11.2 Å². The Bertz CT molecular complexity index is 1120. The van der Waals surface area contributed by atoms with Crippen LogP contribution in [0.4, 0.5) is 0 Å². The second-order valence-corrected chi connectivity index (χ2v) is 6.26. The molecule has 0 fully saturated rings. The molecule has 25 heavy (non-hydrogen) atoms. The second kappa shape index (κ2) is 6.47. The van der Waals surface area contributed by atoms with Gasteiger partial charge >= 0.3 is 0 Å². The lowest BCUT2D eigenvalue weighted by Crippen LogP contribution is -2.00. The molecule has 0 amide bonds. The van der Waals surface area contributed by atoms with Gasteiger partial charge in [0.15, 0.2) is 0 Å². The number of nitrogens with zero attached hydrogens (tertiary/aromatic N) is 2. The van der Waals surface area contributed by atoms with Crippen LogP contribution < -0.4 is 0 Å². The molecule has 0 bridgehead atoms. The number of fused-ring (bicyclic) bond motifs is 1. The highest BCUT2D eigenvalue weighted by molar-refractivity contribution is 6.31. The Morgan fingerprint density at radius 3 is 2.52 bits per heavy atom. The van der Waals surface area contributed by atoms with Crippen molar-refractivity contribution < 1.29 is 0 Å². The Kier molecular flexibility index (Phi) is 4.01. The molecule has 0 saturated heterocycles. The molecule has 0 radical (unpaired) electrons. The number of aryl methyl sites for hydroxylation is 1. The van der Waals surface area contributed by atoms with Gasteiger partial charge < -0.3 is 0 Å². The van der Waals surface area contributed by atoms with Crippen LogP contribution >= 0.6 is 11.6 Å². The smallest absolute Gasteiger partial charge is 0.138 e. The maximum absolute atomic E-state index is 6.16. The largest absolute Gasteiger partial charge is 0.287 e. The molecule has 0 saturated carbocycles. The van der Waals surface area contributed by atoms with Crippen molar-refractivity contribution in [3.05, 3.63) is 94.8 Å². The number of rotatable bonds is 1. The minimum atomic E-state index is 0.712. The van der Waals surface area contributed by atoms with E-state index >= 15 is 0 Å². The van der Waals surface area contributed by atoms with Gasteiger partial charge in [0.1, 0.15) is 5.82 Å². The third-order valence-electron chi connectivity index (χ3n) is 3.98. The van der Waals surface area contributed by atoms with Crippen LogP contribution in [0, 0.1) is 18.8 Å². The van der Waals surface area contributed by atoms with Crippen molar-refractivity contribution in [1.82, 2.24) is 9.55 Å². The van der Waals surface area contributed by atoms with Gasteiger partial charge in [-0.3, -0.25) is 4.57 Å². The molecule has 0 spiro atoms. The van der Waals surface area contributed by atoms with Crippen molar-refractivity contribution in [3.8, 4) is 17.7 Å². The first-order valence-electron chi connectivity index (χ1n) is 8.03. The summed E-state index contributed by atoms with van der Waals surface area (Å²) in [6.45, 7) is 1.99. The maximum atomic E-state index is 6.16. The molecule has 0 unspecified atom stereocenters. The second-order valence-electron chi connectivity index (χ2n) is 5.82. The summed E-state index contributed by atoms with van der Waals surface area (Å²) in [6, 6.07) is 23.9. The minimum absolute atomic E-state index is 0.712. The number of hydrogen-bond donors (Lipinski definition) is 0. The lowest BCUT2D eigenvalue weighted by Gasteiger charge is -2.07. The van der Waals surface area contributed by atoms with Gasteiger partial charge in [0, 0.05) is 21.7 Å². The SMILES string of the molecule is Cc1cccc(-n2c(C#Cc3ccccc3)cc3cc(Cl)ccc32)n1. The molecule has 0 atom stereocenters. The van der Waals surface area contributed by atoms with Crippen molar-refractivity contribution in [1.29, 1.82) is 0 Å². The van der Waals surface area contributed by atoms with E-state index in [-0.39, 0.29) is 0 Å². The highest BCUT2D eigenvalue weighted by atomic mass is 35.5. The Morgan fingerprint density at radius 2 is 1.72 bits per heavy atom. The van der Waals surface area contributed by atoms with Gasteiger partial charge in [0.2, 0.25) is 0 Å². The van der Waals surface area contributed by atoms with E-state index in [1.54, 1.807) is 0 Å². The van der Waals surface area contributed by atoms with Crippen LogP contribution in [-0.4, -0.2) is 9.55 Å². The van der Waals surface area contributed by atoms with E-state index in [2.05, 4.69) is 27.5 Å². The van der Waals surface area contributed by atoms with Crippen LogP contribution in [-0.2, 0) is 0 Å². The molecule has 0 aliphatic carbocycles. The molecule has 0 aliphatic rings. The molecule has 4 rings (SSSR count). The zero-order valence-electron chi connectivity index (χ0n) is 13.7. The number of aromatic nitrogens is 2. The summed E-state index contributed by atoms with van der Waals surface area (Å²) in [5.41, 5.74) is 3.88. The third kappa shape index (κ3) is 3.15. The van der Waals surface area contributed by atoms with Crippen molar-refractivity contribution >= 4 is 22.5 Å². The summed E-state index contributed by atoms with van der Waals surface area (Å²) >= 11 is 6.16. The van der Waals surface area contributed by atoms with Gasteiger partial charge in [-0.2, -0.15) is 0 Å². The number of hydrogen-bond acceptors (Lipinski definition) is 1. The van der Waals surface area contributed by atoms with E-state index in [1.165, 1.54) is 0 Å². The van der Waals surface area contributed by atoms with Gasteiger partial charge in [-0.05, 0) is 61.4 Å². The standard InChI is InChI=1S/C22H15ClN2/c1-16-6-5-9-22(24-16)25-20(12-10-17-7-3-2-4-8-17)15-18-14-19(23)11-13-21(18)25/h2-9,11,13-15H,1H3. The predicted octanol–water partition coefficient (Wildman–Crippen LogP) is 5.39. The predicted molar refractivity (Wildman–Crippen MR) is 103 cm³/mol. The van der Waals surface area contributed by atoms with Gasteiger partial charge in [0.25, 0.3) is 0 Å². The average Bonchev–Trinajstić information content (AvgIpc) is 2.98. The fourth-order valence-corrected chi connectivity index (χ4v) is 3.02. The highest BCUT2D eigenvalue weighted by Gasteiger charge is 2.10. The molecule has 2 aromatic heterocycles. The van der Waals surface area contributed by atoms with E-state index in [1.807, 2.05) is 73.7 Å². The molecule has 3 heteroatoms. The molecular formula is C22H15ClN2. The number of benzene rings is 2. The lowest BCUT2D eigenvalue weighted by molar-refractivity contribution is 1.00. The lowest BCUT2D eigenvalue weighted by atomic mass is 10.2. The third-order valence-corrected chi connectivity index (χ3v) is 4.21. The van der Waals surface area contributed by atoms with Crippen LogP contribution in [0.25, 0.3) is 16.7 Å². The Morgan fingerprint density at radius 1 is 0.880 bits per heavy atom. The minimum Gasteiger partial charge on any atom is -0.287 e. The van der Waals surface area contributed by atoms with E-state index in [0.717, 1.165) is 33.7 Å². The molecule has 0 aliphatic heterocycles. The van der Waals surface area contributed by atoms with Crippen LogP contribution in [0.1, 0.15) is 17.0 Å². The Hall–Kier alpha value is -3.02. The van der Waals surface area contributed by atoms with Crippen molar-refractivity contribution in [2.24, 2.45) is 0 Å². The van der Waals surface area contributed by atoms with Crippen molar-refractivity contribution in [3.63, 3.8) is 0 Å². The molecule has 2 heterocycles. The summed E-state index contributed by atoms with van der Waals surface area (Å²) in [5, 5.41) is 1.76. The van der Waals surface area contributed by atoms with Crippen LogP contribution in [0.15, 0.2) is 72.8 Å². The summed E-state index contributed by atoms with van der Waals surface area (Å²) in [7, 11) is 0. The molecule has 4 aromatic rings. The van der Waals surface area contributed by atoms with E-state index in [0.29, 0.717) is 5.02 Å².